The van der Waals surface area contributed by atoms with Gasteiger partial charge in [-0.25, -0.2) is 4.79 Å². The first-order valence-corrected chi connectivity index (χ1v) is 3.24. The van der Waals surface area contributed by atoms with Crippen LogP contribution in [0.25, 0.3) is 0 Å². The largest absolute Gasteiger partial charge is 0.463 e. The van der Waals surface area contributed by atoms with Gasteiger partial charge in [0.05, 0.1) is 7.11 Å². The molecule has 1 rings (SSSR count). The summed E-state index contributed by atoms with van der Waals surface area (Å²) in [4.78, 5) is 10.6. The molecule has 1 aromatic rings. The van der Waals surface area contributed by atoms with Gasteiger partial charge in [-0.05, 0) is 15.9 Å². The van der Waals surface area contributed by atoms with E-state index in [0.717, 1.165) is 0 Å². The van der Waals surface area contributed by atoms with Crippen LogP contribution in [-0.2, 0) is 4.74 Å². The van der Waals surface area contributed by atoms with E-state index in [-0.39, 0.29) is 5.76 Å². The van der Waals surface area contributed by atoms with Crippen LogP contribution in [-0.4, -0.2) is 18.2 Å². The van der Waals surface area contributed by atoms with Crippen LogP contribution in [0.15, 0.2) is 15.2 Å². The van der Waals surface area contributed by atoms with Crippen LogP contribution < -0.4 is 0 Å². The highest BCUT2D eigenvalue weighted by molar-refractivity contribution is 9.10. The summed E-state index contributed by atoms with van der Waals surface area (Å²) in [6.45, 7) is 0. The molecule has 0 aliphatic heterocycles. The highest BCUT2D eigenvalue weighted by atomic mass is 79.9. The molecule has 4 nitrogen and oxygen atoms in total. The molecule has 1 aromatic heterocycles. The third-order valence-corrected chi connectivity index (χ3v) is 1.24. The maximum absolute atomic E-state index is 10.6. The highest BCUT2D eigenvalue weighted by Gasteiger charge is 2.10. The van der Waals surface area contributed by atoms with E-state index in [0.29, 0.717) is 4.60 Å². The average Bonchev–Trinajstić information content (AvgIpc) is 2.34. The number of ether oxygens (including phenoxy) is 1. The van der Waals surface area contributed by atoms with Gasteiger partial charge in [0, 0.05) is 6.07 Å². The van der Waals surface area contributed by atoms with Crippen molar-refractivity contribution in [1.82, 2.24) is 5.16 Å². The molecule has 5 heteroatoms. The monoisotopic (exact) mass is 205 g/mol. The Labute approximate surface area is 65.3 Å². The zero-order valence-corrected chi connectivity index (χ0v) is 6.71. The number of hydrogen-bond acceptors (Lipinski definition) is 4. The molecule has 0 spiro atoms. The molecule has 10 heavy (non-hydrogen) atoms. The van der Waals surface area contributed by atoms with Gasteiger partial charge in [-0.3, -0.25) is 0 Å². The van der Waals surface area contributed by atoms with Gasteiger partial charge in [0.1, 0.15) is 4.60 Å². The Morgan fingerprint density at radius 2 is 2.60 bits per heavy atom. The van der Waals surface area contributed by atoms with E-state index in [4.69, 9.17) is 0 Å². The van der Waals surface area contributed by atoms with Crippen LogP contribution in [0, 0.1) is 0 Å². The molecule has 0 N–H and O–H groups in total. The SMILES string of the molecule is COC(=O)c1cc(Br)no1. The number of esters is 1. The Bertz CT molecular complexity index is 245. The lowest BCUT2D eigenvalue weighted by Gasteiger charge is -1.88. The van der Waals surface area contributed by atoms with Crippen molar-refractivity contribution in [1.29, 1.82) is 0 Å². The summed E-state index contributed by atoms with van der Waals surface area (Å²) in [5.74, 6) is -0.437. The lowest BCUT2D eigenvalue weighted by atomic mass is 10.5. The molecular weight excluding hydrogens is 202 g/mol. The second-order valence-corrected chi connectivity index (χ2v) is 2.32. The standard InChI is InChI=1S/C5H4BrNO3/c1-9-5(8)3-2-4(6)7-10-3/h2H,1H3. The summed E-state index contributed by atoms with van der Waals surface area (Å²) in [5.41, 5.74) is 0. The predicted molar refractivity (Wildman–Crippen MR) is 35.5 cm³/mol. The van der Waals surface area contributed by atoms with E-state index in [1.165, 1.54) is 13.2 Å². The summed E-state index contributed by atoms with van der Waals surface area (Å²) < 4.78 is 9.38. The molecule has 0 saturated carbocycles. The number of halogens is 1. The zero-order chi connectivity index (χ0) is 7.56. The van der Waals surface area contributed by atoms with Crippen LogP contribution in [0.4, 0.5) is 0 Å². The van der Waals surface area contributed by atoms with Crippen molar-refractivity contribution in [3.8, 4) is 0 Å². The fourth-order valence-electron chi connectivity index (χ4n) is 0.450. The van der Waals surface area contributed by atoms with Crippen LogP contribution in [0.2, 0.25) is 0 Å². The second kappa shape index (κ2) is 2.83. The number of carbonyl (C=O) groups is 1. The van der Waals surface area contributed by atoms with Gasteiger partial charge in [0.2, 0.25) is 5.76 Å². The number of nitrogens with zero attached hydrogens (tertiary/aromatic N) is 1. The smallest absolute Gasteiger partial charge is 0.376 e. The number of aromatic nitrogens is 1. The number of rotatable bonds is 1. The third kappa shape index (κ3) is 1.36. The topological polar surface area (TPSA) is 52.3 Å². The lowest BCUT2D eigenvalue weighted by Crippen LogP contribution is -1.98. The Morgan fingerprint density at radius 3 is 3.00 bits per heavy atom. The first-order chi connectivity index (χ1) is 4.74. The van der Waals surface area contributed by atoms with Gasteiger partial charge in [-0.1, -0.05) is 5.16 Å². The summed E-state index contributed by atoms with van der Waals surface area (Å²) in [6.07, 6.45) is 0. The van der Waals surface area contributed by atoms with Crippen molar-refractivity contribution >= 4 is 21.9 Å². The van der Waals surface area contributed by atoms with Crippen molar-refractivity contribution in [2.45, 2.75) is 0 Å². The summed E-state index contributed by atoms with van der Waals surface area (Å²) in [7, 11) is 1.28. The fraction of sp³-hybridized carbons (Fsp3) is 0.200. The maximum atomic E-state index is 10.6. The minimum atomic E-state index is -0.529. The normalized spacial score (nSPS) is 9.40. The molecule has 0 aliphatic carbocycles. The number of methoxy groups -OCH3 is 1. The first-order valence-electron chi connectivity index (χ1n) is 2.44. The van der Waals surface area contributed by atoms with Crippen LogP contribution >= 0.6 is 15.9 Å². The van der Waals surface area contributed by atoms with Crippen LogP contribution in [0.1, 0.15) is 10.6 Å². The molecule has 0 atom stereocenters. The highest BCUT2D eigenvalue weighted by Crippen LogP contribution is 2.09. The molecule has 0 radical (unpaired) electrons. The van der Waals surface area contributed by atoms with Gasteiger partial charge in [0.15, 0.2) is 0 Å². The molecule has 54 valence electrons. The van der Waals surface area contributed by atoms with E-state index in [1.54, 1.807) is 0 Å². The lowest BCUT2D eigenvalue weighted by molar-refractivity contribution is 0.0554. The summed E-state index contributed by atoms with van der Waals surface area (Å²) in [6, 6.07) is 1.44. The van der Waals surface area contributed by atoms with Crippen molar-refractivity contribution < 1.29 is 14.1 Å². The summed E-state index contributed by atoms with van der Waals surface area (Å²) >= 11 is 3.02. The molecule has 0 aliphatic rings. The molecular formula is C5H4BrNO3. The summed E-state index contributed by atoms with van der Waals surface area (Å²) in [5, 5.41) is 3.43. The molecule has 0 saturated heterocycles. The van der Waals surface area contributed by atoms with Gasteiger partial charge in [0.25, 0.3) is 0 Å². The molecule has 0 unspecified atom stereocenters. The molecule has 0 bridgehead atoms. The van der Waals surface area contributed by atoms with Crippen molar-refractivity contribution in [3.05, 3.63) is 16.4 Å². The quantitative estimate of drug-likeness (QED) is 0.648. The zero-order valence-electron chi connectivity index (χ0n) is 5.13. The van der Waals surface area contributed by atoms with Gasteiger partial charge >= 0.3 is 5.97 Å². The number of hydrogen-bond donors (Lipinski definition) is 0. The van der Waals surface area contributed by atoms with E-state index in [2.05, 4.69) is 30.3 Å². The van der Waals surface area contributed by atoms with E-state index in [1.807, 2.05) is 0 Å². The van der Waals surface area contributed by atoms with Gasteiger partial charge < -0.3 is 9.26 Å². The Kier molecular flexibility index (Phi) is 2.06. The van der Waals surface area contributed by atoms with Crippen molar-refractivity contribution in [2.24, 2.45) is 0 Å². The fourth-order valence-corrected chi connectivity index (χ4v) is 0.731. The van der Waals surface area contributed by atoms with Crippen molar-refractivity contribution in [3.63, 3.8) is 0 Å². The molecule has 1 heterocycles. The van der Waals surface area contributed by atoms with Crippen LogP contribution in [0.3, 0.4) is 0 Å². The Morgan fingerprint density at radius 1 is 1.90 bits per heavy atom. The van der Waals surface area contributed by atoms with E-state index < -0.39 is 5.97 Å². The maximum Gasteiger partial charge on any atom is 0.376 e. The second-order valence-electron chi connectivity index (χ2n) is 1.51. The number of carbonyl (C=O) groups excluding carboxylic acids is 1. The Balaban J connectivity index is 2.85. The third-order valence-electron chi connectivity index (χ3n) is 0.868. The van der Waals surface area contributed by atoms with Crippen LogP contribution in [0.5, 0.6) is 0 Å². The van der Waals surface area contributed by atoms with Gasteiger partial charge in [-0.2, -0.15) is 0 Å². The molecule has 0 fully saturated rings. The average molecular weight is 206 g/mol. The van der Waals surface area contributed by atoms with Crippen molar-refractivity contribution in [2.75, 3.05) is 7.11 Å². The van der Waals surface area contributed by atoms with Gasteiger partial charge in [-0.15, -0.1) is 0 Å². The molecule has 0 aromatic carbocycles. The molecule has 0 amide bonds. The van der Waals surface area contributed by atoms with E-state index in [9.17, 15) is 4.79 Å². The Hall–Kier alpha value is -0.840. The van der Waals surface area contributed by atoms with E-state index >= 15 is 0 Å². The minimum Gasteiger partial charge on any atom is -0.463 e. The predicted octanol–water partition coefficient (Wildman–Crippen LogP) is 1.22. The first kappa shape index (κ1) is 7.27. The minimum absolute atomic E-state index is 0.0920.